The first-order chi connectivity index (χ1) is 26.6. The van der Waals surface area contributed by atoms with E-state index in [1.54, 1.807) is 0 Å². The topological polar surface area (TPSA) is 0 Å². The quantitative estimate of drug-likeness (QED) is 0.126. The maximum Gasteiger partial charge on any atom is -0.00137 e. The van der Waals surface area contributed by atoms with Crippen molar-refractivity contribution < 1.29 is 0 Å². The lowest BCUT2D eigenvalue weighted by Gasteiger charge is -2.17. The summed E-state index contributed by atoms with van der Waals surface area (Å²) in [5, 5.41) is 16.2. The number of benzene rings is 11. The van der Waals surface area contributed by atoms with E-state index in [2.05, 4.69) is 172 Å². The fourth-order valence-corrected chi connectivity index (χ4v) is 10.3. The van der Waals surface area contributed by atoms with Crippen LogP contribution in [-0.2, 0) is 0 Å². The minimum absolute atomic E-state index is 1.26. The molecule has 11 aromatic rings. The molecule has 0 N–H and O–H groups in total. The van der Waals surface area contributed by atoms with Crippen LogP contribution in [0.4, 0.5) is 0 Å². The molecule has 0 heterocycles. The molecule has 0 spiro atoms. The second kappa shape index (κ2) is 10.0. The van der Waals surface area contributed by atoms with Crippen molar-refractivity contribution in [2.75, 3.05) is 0 Å². The van der Waals surface area contributed by atoms with Crippen LogP contribution in [0.15, 0.2) is 158 Å². The zero-order valence-corrected chi connectivity index (χ0v) is 30.0. The minimum atomic E-state index is 1.26. The van der Waals surface area contributed by atoms with Gasteiger partial charge >= 0.3 is 0 Å². The molecule has 11 aromatic carbocycles. The molecule has 0 aromatic heterocycles. The predicted molar refractivity (Wildman–Crippen MR) is 232 cm³/mol. The molecule has 0 radical (unpaired) electrons. The highest BCUT2D eigenvalue weighted by molar-refractivity contribution is 6.41. The molecule has 0 bridgehead atoms. The molecule has 2 aliphatic rings. The molecule has 0 fully saturated rings. The Labute approximate surface area is 312 Å². The van der Waals surface area contributed by atoms with Crippen LogP contribution in [0.1, 0.15) is 11.1 Å². The van der Waals surface area contributed by atoms with Gasteiger partial charge in [-0.2, -0.15) is 0 Å². The van der Waals surface area contributed by atoms with Crippen molar-refractivity contribution in [2.45, 2.75) is 13.8 Å². The Morgan fingerprint density at radius 2 is 0.574 bits per heavy atom. The molecule has 0 nitrogen and oxygen atoms in total. The van der Waals surface area contributed by atoms with Crippen LogP contribution in [0, 0.1) is 13.8 Å². The fraction of sp³-hybridized carbons (Fsp3) is 0.0370. The van der Waals surface area contributed by atoms with E-state index in [1.165, 1.54) is 143 Å². The molecule has 0 unspecified atom stereocenters. The van der Waals surface area contributed by atoms with Gasteiger partial charge < -0.3 is 0 Å². The summed E-state index contributed by atoms with van der Waals surface area (Å²) in [4.78, 5) is 0. The lowest BCUT2D eigenvalue weighted by atomic mass is 9.86. The number of hydrogen-bond acceptors (Lipinski definition) is 0. The minimum Gasteiger partial charge on any atom is -0.0587 e. The third-order valence-corrected chi connectivity index (χ3v) is 12.8. The molecule has 0 aliphatic heterocycles. The van der Waals surface area contributed by atoms with Crippen LogP contribution in [0.5, 0.6) is 0 Å². The second-order valence-electron chi connectivity index (χ2n) is 15.7. The SMILES string of the molecule is Cc1ccc(-c2ccc3ccc4c(c3c2)-c2ccc3c5ccc6c7c(ccc(c8ccc-4c2c83)c75)-c2c-6ccc3ccc(-c4ccc(C)cc4)cc23)cc1. The van der Waals surface area contributed by atoms with E-state index in [0.717, 1.165) is 0 Å². The highest BCUT2D eigenvalue weighted by Gasteiger charge is 2.30. The Morgan fingerprint density at radius 3 is 0.981 bits per heavy atom. The molecule has 0 saturated carbocycles. The Balaban J connectivity index is 1.06. The van der Waals surface area contributed by atoms with Crippen molar-refractivity contribution >= 4 is 64.6 Å². The van der Waals surface area contributed by atoms with Crippen molar-refractivity contribution in [3.05, 3.63) is 169 Å². The van der Waals surface area contributed by atoms with E-state index in [0.29, 0.717) is 0 Å². The van der Waals surface area contributed by atoms with E-state index in [4.69, 9.17) is 0 Å². The summed E-state index contributed by atoms with van der Waals surface area (Å²) >= 11 is 0. The smallest absolute Gasteiger partial charge is 0.00137 e. The average Bonchev–Trinajstić information content (AvgIpc) is 3.74. The van der Waals surface area contributed by atoms with Crippen LogP contribution in [-0.4, -0.2) is 0 Å². The molecule has 0 saturated heterocycles. The third kappa shape index (κ3) is 3.58. The van der Waals surface area contributed by atoms with E-state index in [-0.39, 0.29) is 0 Å². The van der Waals surface area contributed by atoms with Gasteiger partial charge in [0.05, 0.1) is 0 Å². The number of hydrogen-bond donors (Lipinski definition) is 0. The van der Waals surface area contributed by atoms with Gasteiger partial charge in [-0.1, -0.05) is 157 Å². The van der Waals surface area contributed by atoms with E-state index >= 15 is 0 Å². The van der Waals surface area contributed by atoms with Crippen molar-refractivity contribution in [3.8, 4) is 66.8 Å². The summed E-state index contributed by atoms with van der Waals surface area (Å²) in [7, 11) is 0. The van der Waals surface area contributed by atoms with Crippen LogP contribution >= 0.6 is 0 Å². The third-order valence-electron chi connectivity index (χ3n) is 12.8. The van der Waals surface area contributed by atoms with Gasteiger partial charge in [0.2, 0.25) is 0 Å². The van der Waals surface area contributed by atoms with E-state index in [9.17, 15) is 0 Å². The standard InChI is InChI=1S/C54H32/c1-29-3-7-31(8-4-29)35-13-11-33-15-17-37-39-19-21-41-44-24-26-46-50-38(18-16-34-12-14-36(28-48(34)50)32-9-5-30(2)6-10-32)40-20-22-42(52(44)54(40)46)43-23-25-45(53(39)51(41)43)49(37)47(33)27-35/h3-28H,1-2H3. The van der Waals surface area contributed by atoms with Gasteiger partial charge in [0, 0.05) is 0 Å². The maximum atomic E-state index is 2.42. The number of aryl methyl sites for hydroxylation is 2. The molecular weight excluding hydrogens is 649 g/mol. The Bertz CT molecular complexity index is 3210. The fourth-order valence-electron chi connectivity index (χ4n) is 10.3. The Kier molecular flexibility index (Phi) is 5.33. The summed E-state index contributed by atoms with van der Waals surface area (Å²) in [6, 6.07) is 60.4. The molecule has 0 amide bonds. The van der Waals surface area contributed by atoms with Gasteiger partial charge in [0.15, 0.2) is 0 Å². The van der Waals surface area contributed by atoms with Gasteiger partial charge in [-0.25, -0.2) is 0 Å². The highest BCUT2D eigenvalue weighted by Crippen LogP contribution is 2.57. The molecular formula is C54H32. The van der Waals surface area contributed by atoms with Crippen molar-refractivity contribution in [1.82, 2.24) is 0 Å². The van der Waals surface area contributed by atoms with Gasteiger partial charge in [-0.3, -0.25) is 0 Å². The molecule has 0 atom stereocenters. The Morgan fingerprint density at radius 1 is 0.241 bits per heavy atom. The second-order valence-corrected chi connectivity index (χ2v) is 15.7. The van der Waals surface area contributed by atoms with Crippen molar-refractivity contribution in [1.29, 1.82) is 0 Å². The first kappa shape index (κ1) is 28.8. The summed E-state index contributed by atoms with van der Waals surface area (Å²) in [6.07, 6.45) is 0. The van der Waals surface area contributed by atoms with Crippen LogP contribution < -0.4 is 0 Å². The zero-order chi connectivity index (χ0) is 35.4. The number of rotatable bonds is 2. The molecule has 13 rings (SSSR count). The van der Waals surface area contributed by atoms with Gasteiger partial charge in [0.1, 0.15) is 0 Å². The van der Waals surface area contributed by atoms with E-state index in [1.807, 2.05) is 0 Å². The molecule has 54 heavy (non-hydrogen) atoms. The lowest BCUT2D eigenvalue weighted by Crippen LogP contribution is -1.89. The molecule has 2 aliphatic carbocycles. The largest absolute Gasteiger partial charge is 0.0587 e. The summed E-state index contributed by atoms with van der Waals surface area (Å²) in [5.41, 5.74) is 18.4. The summed E-state index contributed by atoms with van der Waals surface area (Å²) in [6.45, 7) is 4.30. The van der Waals surface area contributed by atoms with Crippen LogP contribution in [0.25, 0.3) is 131 Å². The van der Waals surface area contributed by atoms with Crippen molar-refractivity contribution in [3.63, 3.8) is 0 Å². The summed E-state index contributed by atoms with van der Waals surface area (Å²) in [5.74, 6) is 0. The first-order valence-corrected chi connectivity index (χ1v) is 19.1. The lowest BCUT2D eigenvalue weighted by molar-refractivity contribution is 1.47. The van der Waals surface area contributed by atoms with Crippen LogP contribution in [0.2, 0.25) is 0 Å². The van der Waals surface area contributed by atoms with Crippen LogP contribution in [0.3, 0.4) is 0 Å². The van der Waals surface area contributed by atoms with E-state index < -0.39 is 0 Å². The van der Waals surface area contributed by atoms with Crippen molar-refractivity contribution in [2.24, 2.45) is 0 Å². The van der Waals surface area contributed by atoms with Gasteiger partial charge in [-0.15, -0.1) is 0 Å². The average molecular weight is 681 g/mol. The molecule has 0 heteroatoms. The van der Waals surface area contributed by atoms with Gasteiger partial charge in [0.25, 0.3) is 0 Å². The number of fused-ring (bicyclic) bond motifs is 12. The Hall–Kier alpha value is -6.76. The normalized spacial score (nSPS) is 12.6. The monoisotopic (exact) mass is 680 g/mol. The maximum absolute atomic E-state index is 2.42. The van der Waals surface area contributed by atoms with Gasteiger partial charge in [-0.05, 0) is 157 Å². The summed E-state index contributed by atoms with van der Waals surface area (Å²) < 4.78 is 0. The molecule has 248 valence electrons. The highest BCUT2D eigenvalue weighted by atomic mass is 14.3. The predicted octanol–water partition coefficient (Wildman–Crippen LogP) is 15.3. The zero-order valence-electron chi connectivity index (χ0n) is 30.0. The first-order valence-electron chi connectivity index (χ1n) is 19.1.